The van der Waals surface area contributed by atoms with Crippen molar-refractivity contribution in [3.63, 3.8) is 0 Å². The molecule has 0 saturated heterocycles. The van der Waals surface area contributed by atoms with Gasteiger partial charge in [-0.1, -0.05) is 0 Å². The number of thiazole rings is 1. The molecule has 0 fully saturated rings. The van der Waals surface area contributed by atoms with Crippen molar-refractivity contribution >= 4 is 35.3 Å². The average Bonchev–Trinajstić information content (AvgIpc) is 2.15. The highest BCUT2D eigenvalue weighted by Gasteiger charge is 1.94. The van der Waals surface area contributed by atoms with Gasteiger partial charge in [0.15, 0.2) is 3.95 Å². The summed E-state index contributed by atoms with van der Waals surface area (Å²) >= 11 is 8.34. The van der Waals surface area contributed by atoms with Gasteiger partial charge in [-0.2, -0.15) is 0 Å². The van der Waals surface area contributed by atoms with Gasteiger partial charge in [0.2, 0.25) is 0 Å². The Balaban J connectivity index is 3.20. The van der Waals surface area contributed by atoms with Crippen LogP contribution in [-0.2, 0) is 7.05 Å². The Bertz CT molecular complexity index is 247. The van der Waals surface area contributed by atoms with Crippen molar-refractivity contribution in [1.29, 1.82) is 0 Å². The lowest BCUT2D eigenvalue weighted by Crippen LogP contribution is -1.86. The molecule has 1 aromatic heterocycles. The molecule has 0 atom stereocenters. The molecule has 0 aliphatic rings. The number of rotatable bonds is 1. The molecule has 50 valence electrons. The van der Waals surface area contributed by atoms with Gasteiger partial charge in [-0.15, -0.1) is 23.1 Å². The van der Waals surface area contributed by atoms with Crippen LogP contribution in [-0.4, -0.2) is 10.8 Å². The van der Waals surface area contributed by atoms with Gasteiger partial charge in [0.25, 0.3) is 0 Å². The normalized spacial score (nSPS) is 10.0. The minimum atomic E-state index is 0.944. The van der Waals surface area contributed by atoms with Crippen LogP contribution >= 0.6 is 35.3 Å². The number of aromatic nitrogens is 1. The number of thioether (sulfide) groups is 1. The van der Waals surface area contributed by atoms with E-state index in [0.29, 0.717) is 0 Å². The summed E-state index contributed by atoms with van der Waals surface area (Å²) in [6.45, 7) is 0. The van der Waals surface area contributed by atoms with E-state index in [4.69, 9.17) is 12.2 Å². The van der Waals surface area contributed by atoms with Crippen LogP contribution in [0, 0.1) is 3.95 Å². The lowest BCUT2D eigenvalue weighted by Gasteiger charge is -1.93. The van der Waals surface area contributed by atoms with Crippen molar-refractivity contribution in [1.82, 2.24) is 4.57 Å². The van der Waals surface area contributed by atoms with E-state index in [1.54, 1.807) is 23.1 Å². The topological polar surface area (TPSA) is 4.93 Å². The first-order valence-corrected chi connectivity index (χ1v) is 4.95. The van der Waals surface area contributed by atoms with Gasteiger partial charge < -0.3 is 4.57 Å². The smallest absolute Gasteiger partial charge is 0.161 e. The second-order valence-corrected chi connectivity index (χ2v) is 3.93. The van der Waals surface area contributed by atoms with Crippen LogP contribution in [0.5, 0.6) is 0 Å². The van der Waals surface area contributed by atoms with Gasteiger partial charge in [0, 0.05) is 12.4 Å². The Morgan fingerprint density at radius 1 is 1.78 bits per heavy atom. The van der Waals surface area contributed by atoms with E-state index in [2.05, 4.69) is 11.6 Å². The highest BCUT2D eigenvalue weighted by Crippen LogP contribution is 2.18. The number of hydrogen-bond donors (Lipinski definition) is 0. The molecule has 0 N–H and O–H groups in total. The van der Waals surface area contributed by atoms with Crippen LogP contribution in [0.3, 0.4) is 0 Å². The predicted octanol–water partition coefficient (Wildman–Crippen LogP) is 2.54. The van der Waals surface area contributed by atoms with Crippen molar-refractivity contribution in [3.8, 4) is 0 Å². The SMILES string of the molecule is CSc1csc(=S)n1C. The first-order chi connectivity index (χ1) is 4.25. The molecule has 1 nitrogen and oxygen atoms in total. The molecule has 0 spiro atoms. The lowest BCUT2D eigenvalue weighted by atomic mass is 10.9. The first kappa shape index (κ1) is 7.31. The van der Waals surface area contributed by atoms with Crippen LogP contribution in [0.25, 0.3) is 0 Å². The van der Waals surface area contributed by atoms with Crippen molar-refractivity contribution in [2.45, 2.75) is 5.03 Å². The Morgan fingerprint density at radius 3 is 2.67 bits per heavy atom. The molecule has 4 heteroatoms. The van der Waals surface area contributed by atoms with Gasteiger partial charge in [-0.05, 0) is 18.5 Å². The molecule has 0 saturated carbocycles. The van der Waals surface area contributed by atoms with Gasteiger partial charge in [-0.3, -0.25) is 0 Å². The van der Waals surface area contributed by atoms with Crippen molar-refractivity contribution in [2.75, 3.05) is 6.26 Å². The first-order valence-electron chi connectivity index (χ1n) is 2.44. The molecule has 0 aromatic carbocycles. The highest BCUT2D eigenvalue weighted by molar-refractivity contribution is 7.98. The van der Waals surface area contributed by atoms with Crippen LogP contribution in [0.1, 0.15) is 0 Å². The van der Waals surface area contributed by atoms with E-state index in [-0.39, 0.29) is 0 Å². The molecule has 1 rings (SSSR count). The zero-order valence-corrected chi connectivity index (χ0v) is 7.70. The monoisotopic (exact) mass is 177 g/mol. The highest BCUT2D eigenvalue weighted by atomic mass is 32.2. The number of nitrogens with zero attached hydrogens (tertiary/aromatic N) is 1. The summed E-state index contributed by atoms with van der Waals surface area (Å²) < 4.78 is 2.96. The third kappa shape index (κ3) is 1.36. The molecular weight excluding hydrogens is 170 g/mol. The summed E-state index contributed by atoms with van der Waals surface area (Å²) in [6, 6.07) is 0. The van der Waals surface area contributed by atoms with Gasteiger partial charge in [0.05, 0.1) is 5.03 Å². The molecule has 0 aliphatic carbocycles. The minimum Gasteiger partial charge on any atom is -0.321 e. The standard InChI is InChI=1S/C5H7NS3/c1-6-4(8-2)3-9-5(6)7/h3H,1-2H3. The van der Waals surface area contributed by atoms with E-state index in [9.17, 15) is 0 Å². The molecule has 0 aliphatic heterocycles. The van der Waals surface area contributed by atoms with Crippen LogP contribution in [0.4, 0.5) is 0 Å². The molecule has 1 aromatic rings. The maximum atomic E-state index is 5.01. The van der Waals surface area contributed by atoms with E-state index in [0.717, 1.165) is 3.95 Å². The third-order valence-electron chi connectivity index (χ3n) is 1.07. The molecular formula is C5H7NS3. The minimum absolute atomic E-state index is 0.944. The summed E-state index contributed by atoms with van der Waals surface area (Å²) in [6.07, 6.45) is 2.05. The predicted molar refractivity (Wildman–Crippen MR) is 45.9 cm³/mol. The zero-order chi connectivity index (χ0) is 6.85. The average molecular weight is 177 g/mol. The molecule has 0 amide bonds. The Hall–Kier alpha value is 0.200. The fourth-order valence-corrected chi connectivity index (χ4v) is 2.40. The second kappa shape index (κ2) is 2.86. The fourth-order valence-electron chi connectivity index (χ4n) is 0.534. The van der Waals surface area contributed by atoms with Gasteiger partial charge >= 0.3 is 0 Å². The van der Waals surface area contributed by atoms with E-state index in [1.165, 1.54) is 5.03 Å². The second-order valence-electron chi connectivity index (χ2n) is 1.60. The zero-order valence-electron chi connectivity index (χ0n) is 5.25. The van der Waals surface area contributed by atoms with Crippen molar-refractivity contribution < 1.29 is 0 Å². The largest absolute Gasteiger partial charge is 0.321 e. The molecule has 1 heterocycles. The quantitative estimate of drug-likeness (QED) is 0.480. The van der Waals surface area contributed by atoms with Crippen molar-refractivity contribution in [2.24, 2.45) is 7.05 Å². The molecule has 0 unspecified atom stereocenters. The third-order valence-corrected chi connectivity index (χ3v) is 3.41. The Morgan fingerprint density at radius 2 is 2.44 bits per heavy atom. The summed E-state index contributed by atoms with van der Waals surface area (Å²) in [5.74, 6) is 0. The van der Waals surface area contributed by atoms with Crippen LogP contribution in [0.2, 0.25) is 0 Å². The van der Waals surface area contributed by atoms with E-state index >= 15 is 0 Å². The van der Waals surface area contributed by atoms with Gasteiger partial charge in [0.1, 0.15) is 0 Å². The Kier molecular flexibility index (Phi) is 2.32. The maximum Gasteiger partial charge on any atom is 0.161 e. The molecule has 0 radical (unpaired) electrons. The summed E-state index contributed by atoms with van der Waals surface area (Å²) in [4.78, 5) is 0. The maximum absolute atomic E-state index is 5.01. The molecule has 0 bridgehead atoms. The van der Waals surface area contributed by atoms with Crippen molar-refractivity contribution in [3.05, 3.63) is 9.33 Å². The van der Waals surface area contributed by atoms with E-state index in [1.807, 2.05) is 11.6 Å². The lowest BCUT2D eigenvalue weighted by molar-refractivity contribution is 0.821. The van der Waals surface area contributed by atoms with E-state index < -0.39 is 0 Å². The summed E-state index contributed by atoms with van der Waals surface area (Å²) in [5, 5.41) is 3.32. The Labute approximate surface area is 67.7 Å². The molecule has 9 heavy (non-hydrogen) atoms. The number of hydrogen-bond acceptors (Lipinski definition) is 3. The van der Waals surface area contributed by atoms with Crippen LogP contribution < -0.4 is 0 Å². The summed E-state index contributed by atoms with van der Waals surface area (Å²) in [7, 11) is 1.99. The summed E-state index contributed by atoms with van der Waals surface area (Å²) in [5.41, 5.74) is 0. The van der Waals surface area contributed by atoms with Gasteiger partial charge in [-0.25, -0.2) is 0 Å². The fraction of sp³-hybridized carbons (Fsp3) is 0.400. The van der Waals surface area contributed by atoms with Crippen LogP contribution in [0.15, 0.2) is 10.4 Å².